The summed E-state index contributed by atoms with van der Waals surface area (Å²) in [7, 11) is 1.71. The number of carbonyl (C=O) groups is 1. The summed E-state index contributed by atoms with van der Waals surface area (Å²) in [6.07, 6.45) is 6.57. The molecule has 29 heavy (non-hydrogen) atoms. The maximum Gasteiger partial charge on any atom is 0.320 e. The number of epoxide rings is 2. The van der Waals surface area contributed by atoms with Crippen molar-refractivity contribution in [2.75, 3.05) is 20.3 Å². The monoisotopic (exact) mass is 409 g/mol. The third-order valence-electron chi connectivity index (χ3n) is 6.84. The standard InChI is InChI=1S/C23H39NO5/c1-7-8-16(4)24-13-19(25)28-17-11-12-23(14-27-23)21(20(17)26-6)22(5)18(29-22)10-9-15(2)3/h9,16-18,20-21,24H,7-8,10-14H2,1-6H3. The summed E-state index contributed by atoms with van der Waals surface area (Å²) >= 11 is 0. The van der Waals surface area contributed by atoms with Gasteiger partial charge in [-0.05, 0) is 53.4 Å². The third kappa shape index (κ3) is 5.04. The predicted molar refractivity (Wildman–Crippen MR) is 112 cm³/mol. The number of carbonyl (C=O) groups excluding carboxylic acids is 1. The van der Waals surface area contributed by atoms with E-state index in [4.69, 9.17) is 18.9 Å². The number of ether oxygens (including phenoxy) is 4. The molecule has 0 aromatic rings. The molecule has 2 aliphatic heterocycles. The topological polar surface area (TPSA) is 72.6 Å². The molecule has 3 rings (SSSR count). The van der Waals surface area contributed by atoms with Gasteiger partial charge in [-0.15, -0.1) is 0 Å². The second-order valence-electron chi connectivity index (χ2n) is 9.48. The highest BCUT2D eigenvalue weighted by molar-refractivity contribution is 5.72. The van der Waals surface area contributed by atoms with Gasteiger partial charge < -0.3 is 24.3 Å². The summed E-state index contributed by atoms with van der Waals surface area (Å²) in [5, 5.41) is 3.25. The first kappa shape index (κ1) is 22.7. The van der Waals surface area contributed by atoms with Crippen molar-refractivity contribution in [3.8, 4) is 0 Å². The van der Waals surface area contributed by atoms with Gasteiger partial charge in [-0.3, -0.25) is 4.79 Å². The molecule has 1 saturated carbocycles. The van der Waals surface area contributed by atoms with Crippen LogP contribution in [0, 0.1) is 5.92 Å². The Hall–Kier alpha value is -0.950. The molecular formula is C23H39NO5. The molecule has 166 valence electrons. The van der Waals surface area contributed by atoms with Crippen molar-refractivity contribution < 1.29 is 23.7 Å². The van der Waals surface area contributed by atoms with E-state index in [9.17, 15) is 4.79 Å². The third-order valence-corrected chi connectivity index (χ3v) is 6.84. The number of esters is 1. The van der Waals surface area contributed by atoms with Crippen LogP contribution in [0.3, 0.4) is 0 Å². The zero-order valence-electron chi connectivity index (χ0n) is 19.0. The van der Waals surface area contributed by atoms with E-state index in [2.05, 4.69) is 46.0 Å². The molecule has 1 aliphatic carbocycles. The maximum atomic E-state index is 12.5. The van der Waals surface area contributed by atoms with Crippen LogP contribution in [0.2, 0.25) is 0 Å². The molecule has 1 spiro atoms. The van der Waals surface area contributed by atoms with Gasteiger partial charge >= 0.3 is 5.97 Å². The Balaban J connectivity index is 1.64. The van der Waals surface area contributed by atoms with Crippen LogP contribution < -0.4 is 5.32 Å². The molecule has 0 amide bonds. The van der Waals surface area contributed by atoms with Crippen LogP contribution in [-0.4, -0.2) is 61.8 Å². The van der Waals surface area contributed by atoms with Crippen LogP contribution >= 0.6 is 0 Å². The van der Waals surface area contributed by atoms with Crippen molar-refractivity contribution in [3.05, 3.63) is 11.6 Å². The first-order chi connectivity index (χ1) is 13.8. The lowest BCUT2D eigenvalue weighted by molar-refractivity contribution is -0.171. The number of nitrogens with one attached hydrogen (secondary N) is 1. The van der Waals surface area contributed by atoms with Crippen LogP contribution in [-0.2, 0) is 23.7 Å². The van der Waals surface area contributed by atoms with Gasteiger partial charge in [0.25, 0.3) is 0 Å². The van der Waals surface area contributed by atoms with E-state index in [1.165, 1.54) is 5.57 Å². The van der Waals surface area contributed by atoms with Crippen molar-refractivity contribution in [1.82, 2.24) is 5.32 Å². The Morgan fingerprint density at radius 2 is 2.10 bits per heavy atom. The molecule has 6 heteroatoms. The molecule has 6 nitrogen and oxygen atoms in total. The first-order valence-corrected chi connectivity index (χ1v) is 11.2. The largest absolute Gasteiger partial charge is 0.459 e. The molecule has 2 heterocycles. The fourth-order valence-corrected chi connectivity index (χ4v) is 5.07. The highest BCUT2D eigenvalue weighted by atomic mass is 16.6. The molecule has 7 unspecified atom stereocenters. The Kier molecular flexibility index (Phi) is 7.09. The van der Waals surface area contributed by atoms with Crippen LogP contribution in [0.4, 0.5) is 0 Å². The summed E-state index contributed by atoms with van der Waals surface area (Å²) in [6, 6.07) is 0.308. The maximum absolute atomic E-state index is 12.5. The minimum Gasteiger partial charge on any atom is -0.459 e. The quantitative estimate of drug-likeness (QED) is 0.339. The van der Waals surface area contributed by atoms with Crippen LogP contribution in [0.1, 0.15) is 66.7 Å². The lowest BCUT2D eigenvalue weighted by Gasteiger charge is -2.42. The summed E-state index contributed by atoms with van der Waals surface area (Å²) < 4.78 is 24.0. The van der Waals surface area contributed by atoms with Crippen molar-refractivity contribution >= 4 is 5.97 Å². The van der Waals surface area contributed by atoms with Gasteiger partial charge in [-0.2, -0.15) is 0 Å². The van der Waals surface area contributed by atoms with Crippen LogP contribution in [0.15, 0.2) is 11.6 Å². The highest BCUT2D eigenvalue weighted by Crippen LogP contribution is 2.59. The van der Waals surface area contributed by atoms with Crippen LogP contribution in [0.25, 0.3) is 0 Å². The van der Waals surface area contributed by atoms with Gasteiger partial charge in [0.2, 0.25) is 0 Å². The fraction of sp³-hybridized carbons (Fsp3) is 0.870. The number of allylic oxidation sites excluding steroid dienone is 1. The summed E-state index contributed by atoms with van der Waals surface area (Å²) in [5.74, 6) is -0.150. The molecule has 3 fully saturated rings. The van der Waals surface area contributed by atoms with Crippen molar-refractivity contribution in [3.63, 3.8) is 0 Å². The predicted octanol–water partition coefficient (Wildman–Crippen LogP) is 3.38. The summed E-state index contributed by atoms with van der Waals surface area (Å²) in [5.41, 5.74) is 0.803. The number of methoxy groups -OCH3 is 1. The highest BCUT2D eigenvalue weighted by Gasteiger charge is 2.72. The first-order valence-electron chi connectivity index (χ1n) is 11.2. The molecule has 0 radical (unpaired) electrons. The smallest absolute Gasteiger partial charge is 0.320 e. The molecular weight excluding hydrogens is 370 g/mol. The number of rotatable bonds is 10. The average Bonchev–Trinajstić information content (AvgIpc) is 3.58. The van der Waals surface area contributed by atoms with E-state index in [0.717, 1.165) is 38.7 Å². The zero-order valence-corrected chi connectivity index (χ0v) is 19.0. The van der Waals surface area contributed by atoms with E-state index in [-0.39, 0.29) is 47.9 Å². The van der Waals surface area contributed by atoms with E-state index in [1.54, 1.807) is 7.11 Å². The SMILES string of the molecule is CCCC(C)NCC(=O)OC1CCC2(CO2)C(C2(C)OC2CC=C(C)C)C1OC. The second kappa shape index (κ2) is 9.04. The Morgan fingerprint density at radius 1 is 1.38 bits per heavy atom. The normalized spacial score (nSPS) is 39.1. The van der Waals surface area contributed by atoms with Crippen molar-refractivity contribution in [1.29, 1.82) is 0 Å². The lowest BCUT2D eigenvalue weighted by Crippen LogP contribution is -2.56. The molecule has 0 bridgehead atoms. The Bertz CT molecular complexity index is 612. The van der Waals surface area contributed by atoms with Gasteiger partial charge in [0.15, 0.2) is 0 Å². The molecule has 3 aliphatic rings. The Labute approximate surface area is 175 Å². The van der Waals surface area contributed by atoms with Crippen molar-refractivity contribution in [2.45, 2.75) is 102 Å². The van der Waals surface area contributed by atoms with E-state index < -0.39 is 0 Å². The second-order valence-corrected chi connectivity index (χ2v) is 9.48. The molecule has 7 atom stereocenters. The minimum atomic E-state index is -0.303. The summed E-state index contributed by atoms with van der Waals surface area (Å²) in [6.45, 7) is 11.6. The van der Waals surface area contributed by atoms with Gasteiger partial charge in [0.05, 0.1) is 25.2 Å². The van der Waals surface area contributed by atoms with Gasteiger partial charge in [0.1, 0.15) is 23.4 Å². The minimum absolute atomic E-state index is 0.0640. The zero-order chi connectivity index (χ0) is 21.2. The lowest BCUT2D eigenvalue weighted by atomic mass is 9.68. The fourth-order valence-electron chi connectivity index (χ4n) is 5.07. The molecule has 1 N–H and O–H groups in total. The van der Waals surface area contributed by atoms with E-state index in [0.29, 0.717) is 6.04 Å². The van der Waals surface area contributed by atoms with Gasteiger partial charge in [-0.1, -0.05) is 25.0 Å². The average molecular weight is 410 g/mol. The van der Waals surface area contributed by atoms with Crippen LogP contribution in [0.5, 0.6) is 0 Å². The number of hydrogen-bond donors (Lipinski definition) is 1. The summed E-state index contributed by atoms with van der Waals surface area (Å²) in [4.78, 5) is 12.5. The van der Waals surface area contributed by atoms with E-state index in [1.807, 2.05) is 0 Å². The van der Waals surface area contributed by atoms with Gasteiger partial charge in [-0.25, -0.2) is 0 Å². The molecule has 0 aromatic carbocycles. The van der Waals surface area contributed by atoms with Crippen molar-refractivity contribution in [2.24, 2.45) is 5.92 Å². The van der Waals surface area contributed by atoms with Gasteiger partial charge in [0, 0.05) is 13.2 Å². The Morgan fingerprint density at radius 3 is 2.69 bits per heavy atom. The molecule has 2 saturated heterocycles. The van der Waals surface area contributed by atoms with E-state index >= 15 is 0 Å². The molecule has 0 aromatic heterocycles. The number of hydrogen-bond acceptors (Lipinski definition) is 6.